The number of allylic oxidation sites excluding steroid dienone is 2. The van der Waals surface area contributed by atoms with Crippen LogP contribution in [0.4, 0.5) is 15.8 Å². The maximum absolute atomic E-state index is 14.6. The number of rotatable bonds is 6. The molecular formula is C37H32ClFN2O7. The minimum absolute atomic E-state index is 0.0983. The van der Waals surface area contributed by atoms with Gasteiger partial charge in [-0.3, -0.25) is 24.1 Å². The largest absolute Gasteiger partial charge is 0.502 e. The summed E-state index contributed by atoms with van der Waals surface area (Å²) in [6.07, 6.45) is 3.98. The number of carbonyl (C=O) groups excluding carboxylic acids is 4. The van der Waals surface area contributed by atoms with Gasteiger partial charge in [-0.2, -0.15) is 0 Å². The van der Waals surface area contributed by atoms with Crippen molar-refractivity contribution in [2.75, 3.05) is 24.0 Å². The number of ether oxygens (including phenoxy) is 2. The van der Waals surface area contributed by atoms with E-state index in [0.717, 1.165) is 22.1 Å². The van der Waals surface area contributed by atoms with E-state index >= 15 is 0 Å². The van der Waals surface area contributed by atoms with E-state index in [-0.39, 0.29) is 52.6 Å². The van der Waals surface area contributed by atoms with E-state index in [1.807, 2.05) is 6.08 Å². The summed E-state index contributed by atoms with van der Waals surface area (Å²) in [5.41, 5.74) is 1.30. The zero-order valence-corrected chi connectivity index (χ0v) is 27.2. The second-order valence-electron chi connectivity index (χ2n) is 12.8. The second kappa shape index (κ2) is 11.3. The molecule has 48 heavy (non-hydrogen) atoms. The molecule has 1 N–H and O–H groups in total. The van der Waals surface area contributed by atoms with Crippen LogP contribution < -0.4 is 19.3 Å². The van der Waals surface area contributed by atoms with Gasteiger partial charge in [0.25, 0.3) is 0 Å². The number of methoxy groups -OCH3 is 2. The Balaban J connectivity index is 1.39. The fraction of sp³-hybridized carbons (Fsp3) is 0.297. The van der Waals surface area contributed by atoms with Crippen molar-refractivity contribution in [2.24, 2.45) is 29.1 Å². The van der Waals surface area contributed by atoms with Crippen LogP contribution in [-0.2, 0) is 19.2 Å². The molecule has 2 heterocycles. The molecule has 2 aliphatic heterocycles. The number of hydrogen-bond donors (Lipinski definition) is 1. The quantitative estimate of drug-likeness (QED) is 0.243. The van der Waals surface area contributed by atoms with Crippen LogP contribution in [0, 0.1) is 34.9 Å². The van der Waals surface area contributed by atoms with Crippen LogP contribution in [0.1, 0.15) is 36.8 Å². The molecule has 0 unspecified atom stereocenters. The summed E-state index contributed by atoms with van der Waals surface area (Å²) in [6, 6.07) is 13.8. The highest BCUT2D eigenvalue weighted by molar-refractivity contribution is 6.32. The van der Waals surface area contributed by atoms with Gasteiger partial charge in [0, 0.05) is 5.92 Å². The average Bonchev–Trinajstić information content (AvgIpc) is 3.45. The number of carbonyl (C=O) groups is 4. The average molecular weight is 671 g/mol. The number of imide groups is 2. The van der Waals surface area contributed by atoms with Crippen molar-refractivity contribution in [2.45, 2.75) is 25.7 Å². The Morgan fingerprint density at radius 3 is 2.17 bits per heavy atom. The molecule has 3 aromatic rings. The smallest absolute Gasteiger partial charge is 0.241 e. The normalized spacial score (nSPS) is 27.8. The summed E-state index contributed by atoms with van der Waals surface area (Å²) in [4.78, 5) is 59.4. The summed E-state index contributed by atoms with van der Waals surface area (Å²) in [5.74, 6) is -6.15. The van der Waals surface area contributed by atoms with Crippen molar-refractivity contribution in [1.29, 1.82) is 0 Å². The van der Waals surface area contributed by atoms with Crippen LogP contribution in [-0.4, -0.2) is 43.0 Å². The van der Waals surface area contributed by atoms with E-state index in [1.54, 1.807) is 49.4 Å². The van der Waals surface area contributed by atoms with E-state index in [2.05, 4.69) is 6.58 Å². The molecule has 11 heteroatoms. The van der Waals surface area contributed by atoms with Gasteiger partial charge in [-0.15, -0.1) is 0 Å². The molecule has 6 atom stereocenters. The summed E-state index contributed by atoms with van der Waals surface area (Å²) in [7, 11) is 2.78. The van der Waals surface area contributed by atoms with Crippen molar-refractivity contribution in [1.82, 2.24) is 0 Å². The lowest BCUT2D eigenvalue weighted by Gasteiger charge is -2.49. The lowest BCUT2D eigenvalue weighted by Crippen LogP contribution is -2.48. The summed E-state index contributed by atoms with van der Waals surface area (Å²) >= 11 is 6.09. The molecule has 0 aromatic heterocycles. The standard InChI is InChI=1S/C37H32ClFN2O7/c1-5-18-6-8-20(9-7-18)40-33(43)23-12-11-22-24(30(23)35(40)45)17-25-34(44)41(21-10-13-27(39)26(38)16-21)36(46)37(25,2)31(22)19-14-28(47-3)32(42)29(15-19)48-4/h5-11,13-16,23-25,30-31,42H,1,12,17H2,2-4H3/t23-,24+,25-,30-,31-,37+/m0/s1. The second-order valence-corrected chi connectivity index (χ2v) is 13.2. The van der Waals surface area contributed by atoms with E-state index in [9.17, 15) is 28.7 Å². The van der Waals surface area contributed by atoms with E-state index < -0.39 is 52.6 Å². The Morgan fingerprint density at radius 1 is 0.917 bits per heavy atom. The molecule has 9 nitrogen and oxygen atoms in total. The topological polar surface area (TPSA) is 113 Å². The molecule has 3 aromatic carbocycles. The predicted octanol–water partition coefficient (Wildman–Crippen LogP) is 6.28. The first kappa shape index (κ1) is 31.6. The van der Waals surface area contributed by atoms with E-state index in [0.29, 0.717) is 11.3 Å². The lowest BCUT2D eigenvalue weighted by molar-refractivity contribution is -0.131. The lowest BCUT2D eigenvalue weighted by atomic mass is 9.51. The maximum Gasteiger partial charge on any atom is 0.241 e. The summed E-state index contributed by atoms with van der Waals surface area (Å²) in [6.45, 7) is 5.48. The number of amides is 4. The zero-order chi connectivity index (χ0) is 34.2. The molecule has 2 aliphatic carbocycles. The molecule has 4 aliphatic rings. The Labute approximate surface area is 281 Å². The first-order valence-electron chi connectivity index (χ1n) is 15.5. The Hall–Kier alpha value is -4.96. The van der Waals surface area contributed by atoms with Gasteiger partial charge in [0.05, 0.1) is 53.8 Å². The van der Waals surface area contributed by atoms with Crippen LogP contribution in [0.25, 0.3) is 6.08 Å². The van der Waals surface area contributed by atoms with Crippen LogP contribution in [0.5, 0.6) is 17.2 Å². The zero-order valence-electron chi connectivity index (χ0n) is 26.4. The number of anilines is 2. The Bertz CT molecular complexity index is 1930. The molecule has 2 saturated heterocycles. The maximum atomic E-state index is 14.6. The monoisotopic (exact) mass is 670 g/mol. The fourth-order valence-electron chi connectivity index (χ4n) is 8.36. The number of benzene rings is 3. The molecule has 7 rings (SSSR count). The SMILES string of the molecule is C=Cc1ccc(N2C(=O)[C@H]3[C@H](CC=C4[C@H]3C[C@H]3C(=O)N(c5ccc(F)c(Cl)c5)C(=O)[C@@]3(C)[C@H]4c3cc(OC)c(O)c(OC)c3)C2=O)cc1. The number of hydrogen-bond acceptors (Lipinski definition) is 7. The van der Waals surface area contributed by atoms with Crippen LogP contribution in [0.15, 0.2) is 72.8 Å². The highest BCUT2D eigenvalue weighted by Gasteiger charge is 2.67. The first-order chi connectivity index (χ1) is 23.0. The van der Waals surface area contributed by atoms with Gasteiger partial charge in [0.15, 0.2) is 11.5 Å². The number of halogens is 2. The number of phenols is 1. The molecule has 246 valence electrons. The number of nitrogens with zero attached hydrogens (tertiary/aromatic N) is 2. The van der Waals surface area contributed by atoms with Gasteiger partial charge >= 0.3 is 0 Å². The van der Waals surface area contributed by atoms with Gasteiger partial charge in [0.2, 0.25) is 29.4 Å². The van der Waals surface area contributed by atoms with Crippen LogP contribution in [0.3, 0.4) is 0 Å². The van der Waals surface area contributed by atoms with Crippen molar-refractivity contribution >= 4 is 52.7 Å². The molecule has 1 saturated carbocycles. The Morgan fingerprint density at radius 2 is 1.56 bits per heavy atom. The molecular weight excluding hydrogens is 639 g/mol. The predicted molar refractivity (Wildman–Crippen MR) is 176 cm³/mol. The molecule has 0 radical (unpaired) electrons. The van der Waals surface area contributed by atoms with Crippen LogP contribution >= 0.6 is 11.6 Å². The molecule has 0 bridgehead atoms. The van der Waals surface area contributed by atoms with Gasteiger partial charge in [-0.25, -0.2) is 9.29 Å². The van der Waals surface area contributed by atoms with E-state index in [1.165, 1.54) is 31.3 Å². The highest BCUT2D eigenvalue weighted by Crippen LogP contribution is 2.64. The van der Waals surface area contributed by atoms with Crippen molar-refractivity contribution in [3.63, 3.8) is 0 Å². The third-order valence-corrected chi connectivity index (χ3v) is 10.9. The minimum atomic E-state index is -1.38. The fourth-order valence-corrected chi connectivity index (χ4v) is 8.53. The first-order valence-corrected chi connectivity index (χ1v) is 15.9. The van der Waals surface area contributed by atoms with Gasteiger partial charge in [0.1, 0.15) is 5.82 Å². The summed E-state index contributed by atoms with van der Waals surface area (Å²) < 4.78 is 25.1. The minimum Gasteiger partial charge on any atom is -0.502 e. The van der Waals surface area contributed by atoms with Gasteiger partial charge in [-0.05, 0) is 79.3 Å². The number of phenolic OH excluding ortho intramolecular Hbond substituents is 1. The summed E-state index contributed by atoms with van der Waals surface area (Å²) in [5, 5.41) is 10.5. The highest BCUT2D eigenvalue weighted by atomic mass is 35.5. The van der Waals surface area contributed by atoms with Gasteiger partial charge in [-0.1, -0.05) is 48.0 Å². The van der Waals surface area contributed by atoms with Crippen molar-refractivity contribution in [3.8, 4) is 17.2 Å². The molecule has 3 fully saturated rings. The van der Waals surface area contributed by atoms with E-state index in [4.69, 9.17) is 21.1 Å². The third kappa shape index (κ3) is 4.35. The van der Waals surface area contributed by atoms with Crippen LogP contribution in [0.2, 0.25) is 5.02 Å². The molecule has 4 amide bonds. The number of fused-ring (bicyclic) bond motifs is 4. The number of aromatic hydroxyl groups is 1. The third-order valence-electron chi connectivity index (χ3n) is 10.7. The molecule has 0 spiro atoms. The van der Waals surface area contributed by atoms with Crippen molar-refractivity contribution in [3.05, 3.63) is 94.8 Å². The van der Waals surface area contributed by atoms with Crippen molar-refractivity contribution < 1.29 is 38.1 Å². The Kier molecular flexibility index (Phi) is 7.47. The van der Waals surface area contributed by atoms with Gasteiger partial charge < -0.3 is 14.6 Å².